The average Bonchev–Trinajstić information content (AvgIpc) is 2.87. The zero-order chi connectivity index (χ0) is 16.5. The van der Waals surface area contributed by atoms with Crippen molar-refractivity contribution in [3.05, 3.63) is 28.8 Å². The van der Waals surface area contributed by atoms with Crippen molar-refractivity contribution in [2.24, 2.45) is 0 Å². The summed E-state index contributed by atoms with van der Waals surface area (Å²) < 4.78 is 65.9. The minimum Gasteiger partial charge on any atom is -0.318 e. The smallest absolute Gasteiger partial charge is 0.318 e. The monoisotopic (exact) mass is 356 g/mol. The lowest BCUT2D eigenvalue weighted by Gasteiger charge is -2.25. The summed E-state index contributed by atoms with van der Waals surface area (Å²) in [6, 6.07) is 2.39. The van der Waals surface area contributed by atoms with Crippen LogP contribution >= 0.6 is 11.6 Å². The van der Waals surface area contributed by atoms with Gasteiger partial charge in [0.15, 0.2) is 0 Å². The Bertz CT molecular complexity index is 649. The van der Waals surface area contributed by atoms with E-state index in [1.54, 1.807) is 7.05 Å². The maximum absolute atomic E-state index is 13.1. The first-order valence-corrected chi connectivity index (χ1v) is 8.53. The minimum atomic E-state index is -4.79. The number of halogens is 4. The van der Waals surface area contributed by atoms with Gasteiger partial charge < -0.3 is 5.32 Å². The average molecular weight is 357 g/mol. The van der Waals surface area contributed by atoms with Gasteiger partial charge in [0, 0.05) is 24.2 Å². The molecule has 0 radical (unpaired) electrons. The summed E-state index contributed by atoms with van der Waals surface area (Å²) in [7, 11) is -2.55. The number of likely N-dealkylation sites (N-methyl/N-ethyl adjacent to an activating group) is 1. The van der Waals surface area contributed by atoms with E-state index in [1.165, 1.54) is 0 Å². The van der Waals surface area contributed by atoms with E-state index in [1.807, 2.05) is 0 Å². The molecule has 124 valence electrons. The highest BCUT2D eigenvalue weighted by molar-refractivity contribution is 7.89. The van der Waals surface area contributed by atoms with Gasteiger partial charge in [-0.25, -0.2) is 8.42 Å². The minimum absolute atomic E-state index is 0.153. The summed E-state index contributed by atoms with van der Waals surface area (Å²) in [6.07, 6.45) is -3.54. The number of nitrogens with one attached hydrogen (secondary N) is 1. The largest absolute Gasteiger partial charge is 0.417 e. The summed E-state index contributed by atoms with van der Waals surface area (Å²) in [4.78, 5) is -0.743. The van der Waals surface area contributed by atoms with Crippen molar-refractivity contribution in [3.63, 3.8) is 0 Å². The predicted molar refractivity (Wildman–Crippen MR) is 77.3 cm³/mol. The molecule has 1 aliphatic heterocycles. The molecule has 9 heteroatoms. The molecule has 0 amide bonds. The molecule has 1 fully saturated rings. The normalized spacial score (nSPS) is 20.5. The number of sulfonamides is 1. The van der Waals surface area contributed by atoms with Crippen molar-refractivity contribution in [2.75, 3.05) is 20.1 Å². The van der Waals surface area contributed by atoms with Crippen LogP contribution in [0.1, 0.15) is 18.4 Å². The van der Waals surface area contributed by atoms with E-state index in [-0.39, 0.29) is 17.6 Å². The van der Waals surface area contributed by atoms with Crippen molar-refractivity contribution in [1.82, 2.24) is 9.62 Å². The van der Waals surface area contributed by atoms with Gasteiger partial charge in [-0.15, -0.1) is 0 Å². The lowest BCUT2D eigenvalue weighted by atomic mass is 10.2. The third-order valence-corrected chi connectivity index (χ3v) is 5.84. The van der Waals surface area contributed by atoms with Crippen molar-refractivity contribution >= 4 is 21.6 Å². The Kier molecular flexibility index (Phi) is 5.06. The number of alkyl halides is 3. The Morgan fingerprint density at radius 1 is 1.41 bits per heavy atom. The van der Waals surface area contributed by atoms with Gasteiger partial charge in [0.05, 0.1) is 10.5 Å². The van der Waals surface area contributed by atoms with Gasteiger partial charge in [-0.1, -0.05) is 11.6 Å². The van der Waals surface area contributed by atoms with Gasteiger partial charge in [0.25, 0.3) is 0 Å². The van der Waals surface area contributed by atoms with E-state index in [2.05, 4.69) is 5.32 Å². The molecule has 1 aromatic rings. The van der Waals surface area contributed by atoms with Crippen LogP contribution in [0.15, 0.2) is 23.1 Å². The third kappa shape index (κ3) is 3.40. The second-order valence-electron chi connectivity index (χ2n) is 5.11. The van der Waals surface area contributed by atoms with Crippen molar-refractivity contribution in [1.29, 1.82) is 0 Å². The zero-order valence-electron chi connectivity index (χ0n) is 11.8. The van der Waals surface area contributed by atoms with Gasteiger partial charge in [-0.2, -0.15) is 17.5 Å². The van der Waals surface area contributed by atoms with E-state index in [9.17, 15) is 21.6 Å². The Hall–Kier alpha value is -0.830. The van der Waals surface area contributed by atoms with Crippen LogP contribution in [0.5, 0.6) is 0 Å². The Balaban J connectivity index is 2.50. The highest BCUT2D eigenvalue weighted by Crippen LogP contribution is 2.38. The van der Waals surface area contributed by atoms with Crippen LogP contribution in [-0.4, -0.2) is 38.9 Å². The lowest BCUT2D eigenvalue weighted by Crippen LogP contribution is -2.41. The number of hydrogen-bond acceptors (Lipinski definition) is 3. The summed E-state index contributed by atoms with van der Waals surface area (Å²) in [5.41, 5.74) is -1.23. The fourth-order valence-electron chi connectivity index (χ4n) is 2.64. The van der Waals surface area contributed by atoms with Crippen molar-refractivity contribution in [3.8, 4) is 0 Å². The van der Waals surface area contributed by atoms with E-state index >= 15 is 0 Å². The van der Waals surface area contributed by atoms with Crippen LogP contribution in [0.4, 0.5) is 13.2 Å². The molecule has 0 unspecified atom stereocenters. The fourth-order valence-corrected chi connectivity index (χ4v) is 4.70. The van der Waals surface area contributed by atoms with Crippen molar-refractivity contribution < 1.29 is 21.6 Å². The summed E-state index contributed by atoms with van der Waals surface area (Å²) >= 11 is 5.59. The van der Waals surface area contributed by atoms with Crippen LogP contribution in [-0.2, 0) is 16.2 Å². The Morgan fingerprint density at radius 2 is 2.09 bits per heavy atom. The molecule has 0 spiro atoms. The molecule has 1 saturated heterocycles. The molecule has 1 aliphatic rings. The molecule has 1 aromatic carbocycles. The highest BCUT2D eigenvalue weighted by atomic mass is 35.5. The summed E-state index contributed by atoms with van der Waals surface area (Å²) in [6.45, 7) is 0.614. The molecular weight excluding hydrogens is 341 g/mol. The number of hydrogen-bond donors (Lipinski definition) is 1. The van der Waals surface area contributed by atoms with E-state index < -0.39 is 26.7 Å². The molecule has 4 nitrogen and oxygen atoms in total. The fraction of sp³-hybridized carbons (Fsp3) is 0.538. The van der Waals surface area contributed by atoms with Gasteiger partial charge in [0.1, 0.15) is 0 Å². The van der Waals surface area contributed by atoms with E-state index in [4.69, 9.17) is 11.6 Å². The second-order valence-corrected chi connectivity index (χ2v) is 7.40. The number of nitrogens with zero attached hydrogens (tertiary/aromatic N) is 1. The first-order chi connectivity index (χ1) is 10.2. The molecule has 22 heavy (non-hydrogen) atoms. The first kappa shape index (κ1) is 17.5. The second kappa shape index (κ2) is 6.35. The molecule has 0 aromatic heterocycles. The summed E-state index contributed by atoms with van der Waals surface area (Å²) in [5, 5.41) is 2.71. The van der Waals surface area contributed by atoms with Gasteiger partial charge in [-0.05, 0) is 38.1 Å². The quantitative estimate of drug-likeness (QED) is 0.902. The molecular formula is C13H16ClF3N2O2S. The van der Waals surface area contributed by atoms with Crippen LogP contribution in [0.25, 0.3) is 0 Å². The highest BCUT2D eigenvalue weighted by Gasteiger charge is 2.42. The molecule has 1 heterocycles. The third-order valence-electron chi connectivity index (χ3n) is 3.60. The maximum Gasteiger partial charge on any atom is 0.417 e. The van der Waals surface area contributed by atoms with E-state index in [0.717, 1.165) is 16.4 Å². The Morgan fingerprint density at radius 3 is 2.68 bits per heavy atom. The summed E-state index contributed by atoms with van der Waals surface area (Å²) in [5.74, 6) is 0. The first-order valence-electron chi connectivity index (χ1n) is 6.71. The van der Waals surface area contributed by atoms with Crippen LogP contribution < -0.4 is 5.32 Å². The van der Waals surface area contributed by atoms with Gasteiger partial charge in [0.2, 0.25) is 10.0 Å². The molecule has 0 aliphatic carbocycles. The zero-order valence-corrected chi connectivity index (χ0v) is 13.4. The number of rotatable bonds is 4. The van der Waals surface area contributed by atoms with Crippen LogP contribution in [0, 0.1) is 0 Å². The lowest BCUT2D eigenvalue weighted by molar-refractivity contribution is -0.139. The molecule has 0 bridgehead atoms. The SMILES string of the molecule is CNC[C@H]1CCCN1S(=O)(=O)c1ccc(Cl)cc1C(F)(F)F. The van der Waals surface area contributed by atoms with Crippen LogP contribution in [0.3, 0.4) is 0 Å². The maximum atomic E-state index is 13.1. The predicted octanol–water partition coefficient (Wildman–Crippen LogP) is 2.73. The molecule has 2 rings (SSSR count). The van der Waals surface area contributed by atoms with Crippen molar-refractivity contribution in [2.45, 2.75) is 30.0 Å². The Labute approximate surface area is 132 Å². The van der Waals surface area contributed by atoms with E-state index in [0.29, 0.717) is 25.5 Å². The van der Waals surface area contributed by atoms with Gasteiger partial charge in [-0.3, -0.25) is 0 Å². The van der Waals surface area contributed by atoms with Gasteiger partial charge >= 0.3 is 6.18 Å². The van der Waals surface area contributed by atoms with Crippen LogP contribution in [0.2, 0.25) is 5.02 Å². The number of benzene rings is 1. The molecule has 1 N–H and O–H groups in total. The standard InChI is InChI=1S/C13H16ClF3N2O2S/c1-18-8-10-3-2-6-19(10)22(20,21)12-5-4-9(14)7-11(12)13(15,16)17/h4-5,7,10,18H,2-3,6,8H2,1H3/t10-/m1/s1. The molecule has 1 atom stereocenters. The molecule has 0 saturated carbocycles. The topological polar surface area (TPSA) is 49.4 Å².